The van der Waals surface area contributed by atoms with Gasteiger partial charge in [-0.05, 0) is 38.5 Å². The number of aromatic nitrogens is 2. The minimum Gasteiger partial charge on any atom is -0.444 e. The molecule has 2 heterocycles. The minimum absolute atomic E-state index is 0.179. The fourth-order valence-corrected chi connectivity index (χ4v) is 3.28. The molecule has 0 radical (unpaired) electrons. The molecule has 11 nitrogen and oxygen atoms in total. The SMILES string of the molecule is CC(C)(C)OC(=O)N1CCN(c2cccc(CNC(=O)c3[nH]c(=O)[nH]c(=O)c3N)c2)CC1. The third-order valence-corrected chi connectivity index (χ3v) is 4.87. The molecule has 0 bridgehead atoms. The number of rotatable bonds is 4. The summed E-state index contributed by atoms with van der Waals surface area (Å²) in [5, 5.41) is 2.65. The quantitative estimate of drug-likeness (QED) is 0.539. The van der Waals surface area contributed by atoms with Crippen LogP contribution in [0.15, 0.2) is 33.9 Å². The highest BCUT2D eigenvalue weighted by Crippen LogP contribution is 2.19. The van der Waals surface area contributed by atoms with Crippen LogP contribution in [0.1, 0.15) is 36.8 Å². The normalized spacial score (nSPS) is 14.2. The van der Waals surface area contributed by atoms with Crippen molar-refractivity contribution in [2.24, 2.45) is 0 Å². The summed E-state index contributed by atoms with van der Waals surface area (Å²) >= 11 is 0. The van der Waals surface area contributed by atoms with Gasteiger partial charge < -0.3 is 30.6 Å². The van der Waals surface area contributed by atoms with Crippen LogP contribution in [0.4, 0.5) is 16.2 Å². The number of ether oxygens (including phenoxy) is 1. The molecule has 1 aromatic carbocycles. The van der Waals surface area contributed by atoms with Gasteiger partial charge in [-0.1, -0.05) is 12.1 Å². The predicted octanol–water partition coefficient (Wildman–Crippen LogP) is 0.633. The van der Waals surface area contributed by atoms with Gasteiger partial charge in [0.2, 0.25) is 0 Å². The van der Waals surface area contributed by atoms with Crippen molar-refractivity contribution in [1.82, 2.24) is 20.2 Å². The number of benzene rings is 1. The number of amides is 2. The lowest BCUT2D eigenvalue weighted by Gasteiger charge is -2.36. The molecule has 0 spiro atoms. The molecule has 5 N–H and O–H groups in total. The first-order chi connectivity index (χ1) is 15.0. The first kappa shape index (κ1) is 22.9. The monoisotopic (exact) mass is 444 g/mol. The second kappa shape index (κ2) is 9.16. The number of anilines is 2. The third-order valence-electron chi connectivity index (χ3n) is 4.87. The van der Waals surface area contributed by atoms with Crippen LogP contribution in [0.3, 0.4) is 0 Å². The molecule has 172 valence electrons. The predicted molar refractivity (Wildman–Crippen MR) is 120 cm³/mol. The number of hydrogen-bond acceptors (Lipinski definition) is 7. The molecule has 32 heavy (non-hydrogen) atoms. The smallest absolute Gasteiger partial charge is 0.410 e. The van der Waals surface area contributed by atoms with Gasteiger partial charge in [-0.2, -0.15) is 0 Å². The molecule has 1 saturated heterocycles. The van der Waals surface area contributed by atoms with Gasteiger partial charge in [0.05, 0.1) is 0 Å². The lowest BCUT2D eigenvalue weighted by Crippen LogP contribution is -2.50. The molecule has 2 amide bonds. The van der Waals surface area contributed by atoms with E-state index in [0.29, 0.717) is 26.2 Å². The number of nitrogens with two attached hydrogens (primary N) is 1. The summed E-state index contributed by atoms with van der Waals surface area (Å²) in [6, 6.07) is 7.62. The highest BCUT2D eigenvalue weighted by molar-refractivity contribution is 5.96. The molecule has 0 saturated carbocycles. The Hall–Kier alpha value is -3.76. The van der Waals surface area contributed by atoms with Crippen LogP contribution >= 0.6 is 0 Å². The van der Waals surface area contributed by atoms with Crippen molar-refractivity contribution in [3.63, 3.8) is 0 Å². The standard InChI is InChI=1S/C21H28N6O5/c1-21(2,3)32-20(31)27-9-7-26(8-10-27)14-6-4-5-13(11-14)12-23-18(29)16-15(22)17(28)25-19(30)24-16/h4-6,11H,7-10,12,22H2,1-3H3,(H,23,29)(H2,24,25,28,30). The van der Waals surface area contributed by atoms with Crippen LogP contribution in [-0.4, -0.2) is 58.6 Å². The topological polar surface area (TPSA) is 154 Å². The van der Waals surface area contributed by atoms with Crippen LogP contribution in [0.25, 0.3) is 0 Å². The van der Waals surface area contributed by atoms with Crippen molar-refractivity contribution in [1.29, 1.82) is 0 Å². The number of carbonyl (C=O) groups excluding carboxylic acids is 2. The van der Waals surface area contributed by atoms with Crippen LogP contribution in [0.5, 0.6) is 0 Å². The highest BCUT2D eigenvalue weighted by atomic mass is 16.6. The fraction of sp³-hybridized carbons (Fsp3) is 0.429. The van der Waals surface area contributed by atoms with Crippen LogP contribution in [-0.2, 0) is 11.3 Å². The lowest BCUT2D eigenvalue weighted by molar-refractivity contribution is 0.0240. The number of nitrogens with one attached hydrogen (secondary N) is 3. The molecule has 1 aliphatic heterocycles. The zero-order valence-corrected chi connectivity index (χ0v) is 18.4. The Morgan fingerprint density at radius 2 is 1.81 bits per heavy atom. The summed E-state index contributed by atoms with van der Waals surface area (Å²) in [5.74, 6) is -0.651. The molecule has 0 atom stereocenters. The van der Waals surface area contributed by atoms with Crippen molar-refractivity contribution in [2.45, 2.75) is 32.9 Å². The Labute approximate surface area is 184 Å². The average Bonchev–Trinajstić information content (AvgIpc) is 2.73. The highest BCUT2D eigenvalue weighted by Gasteiger charge is 2.26. The van der Waals surface area contributed by atoms with Gasteiger partial charge in [0.15, 0.2) is 0 Å². The molecule has 1 fully saturated rings. The minimum atomic E-state index is -0.813. The van der Waals surface area contributed by atoms with Crippen molar-refractivity contribution >= 4 is 23.4 Å². The van der Waals surface area contributed by atoms with E-state index in [9.17, 15) is 19.2 Å². The number of nitrogens with zero attached hydrogens (tertiary/aromatic N) is 2. The maximum Gasteiger partial charge on any atom is 0.410 e. The van der Waals surface area contributed by atoms with Crippen molar-refractivity contribution in [2.75, 3.05) is 36.8 Å². The summed E-state index contributed by atoms with van der Waals surface area (Å²) in [4.78, 5) is 55.6. The van der Waals surface area contributed by atoms with Crippen LogP contribution in [0, 0.1) is 0 Å². The Bertz CT molecular complexity index is 1110. The third kappa shape index (κ3) is 5.68. The number of hydrogen-bond donors (Lipinski definition) is 4. The van der Waals surface area contributed by atoms with E-state index in [0.717, 1.165) is 11.3 Å². The maximum absolute atomic E-state index is 12.4. The van der Waals surface area contributed by atoms with E-state index in [1.54, 1.807) is 4.90 Å². The average molecular weight is 444 g/mol. The van der Waals surface area contributed by atoms with Gasteiger partial charge in [0.25, 0.3) is 11.5 Å². The summed E-state index contributed by atoms with van der Waals surface area (Å²) < 4.78 is 5.43. The zero-order chi connectivity index (χ0) is 23.5. The van der Waals surface area contributed by atoms with Crippen molar-refractivity contribution < 1.29 is 14.3 Å². The number of nitrogen functional groups attached to an aromatic ring is 1. The van der Waals surface area contributed by atoms with Gasteiger partial charge in [-0.25, -0.2) is 9.59 Å². The van der Waals surface area contributed by atoms with Crippen LogP contribution < -0.4 is 27.2 Å². The molecule has 11 heteroatoms. The first-order valence-corrected chi connectivity index (χ1v) is 10.3. The largest absolute Gasteiger partial charge is 0.444 e. The summed E-state index contributed by atoms with van der Waals surface area (Å²) in [6.07, 6.45) is -0.314. The van der Waals surface area contributed by atoms with Crippen LogP contribution in [0.2, 0.25) is 0 Å². The molecule has 0 unspecified atom stereocenters. The van der Waals surface area contributed by atoms with E-state index in [4.69, 9.17) is 10.5 Å². The van der Waals surface area contributed by atoms with E-state index in [-0.39, 0.29) is 24.0 Å². The number of carbonyl (C=O) groups is 2. The van der Waals surface area contributed by atoms with Gasteiger partial charge in [0.1, 0.15) is 17.0 Å². The van der Waals surface area contributed by atoms with Gasteiger partial charge in [0, 0.05) is 38.4 Å². The zero-order valence-electron chi connectivity index (χ0n) is 18.4. The Kier molecular flexibility index (Phi) is 6.56. The Balaban J connectivity index is 1.60. The van der Waals surface area contributed by atoms with Gasteiger partial charge >= 0.3 is 11.8 Å². The molecule has 2 aromatic rings. The second-order valence-corrected chi connectivity index (χ2v) is 8.50. The molecule has 1 aliphatic rings. The van der Waals surface area contributed by atoms with Gasteiger partial charge in [-0.15, -0.1) is 0 Å². The Morgan fingerprint density at radius 3 is 2.47 bits per heavy atom. The maximum atomic E-state index is 12.4. The molecular formula is C21H28N6O5. The number of piperazine rings is 1. The van der Waals surface area contributed by atoms with E-state index in [2.05, 4.69) is 15.2 Å². The number of H-pyrrole nitrogens is 2. The van der Waals surface area contributed by atoms with E-state index >= 15 is 0 Å². The molecule has 1 aromatic heterocycles. The summed E-state index contributed by atoms with van der Waals surface area (Å²) in [7, 11) is 0. The fourth-order valence-electron chi connectivity index (χ4n) is 3.28. The van der Waals surface area contributed by atoms with Crippen molar-refractivity contribution in [3.8, 4) is 0 Å². The summed E-state index contributed by atoms with van der Waals surface area (Å²) in [5.41, 5.74) is 4.62. The molecule has 0 aliphatic carbocycles. The Morgan fingerprint density at radius 1 is 1.12 bits per heavy atom. The number of aromatic amines is 2. The molecule has 3 rings (SSSR count). The van der Waals surface area contributed by atoms with E-state index < -0.39 is 22.8 Å². The van der Waals surface area contributed by atoms with E-state index in [1.807, 2.05) is 50.0 Å². The molecular weight excluding hydrogens is 416 g/mol. The lowest BCUT2D eigenvalue weighted by atomic mass is 10.1. The first-order valence-electron chi connectivity index (χ1n) is 10.3. The van der Waals surface area contributed by atoms with Gasteiger partial charge in [-0.3, -0.25) is 14.6 Å². The van der Waals surface area contributed by atoms with E-state index in [1.165, 1.54) is 0 Å². The van der Waals surface area contributed by atoms with Crippen molar-refractivity contribution in [3.05, 3.63) is 56.4 Å². The second-order valence-electron chi connectivity index (χ2n) is 8.50. The summed E-state index contributed by atoms with van der Waals surface area (Å²) in [6.45, 7) is 8.10.